The van der Waals surface area contributed by atoms with Crippen LogP contribution in [0, 0.1) is 0 Å². The number of rotatable bonds is 6. The van der Waals surface area contributed by atoms with Crippen LogP contribution in [0.25, 0.3) is 0 Å². The fraction of sp³-hybridized carbons (Fsp3) is 0.438. The van der Waals surface area contributed by atoms with Crippen molar-refractivity contribution < 1.29 is 9.53 Å². The summed E-state index contributed by atoms with van der Waals surface area (Å²) in [4.78, 5) is 13.9. The molecular formula is C16H22N2O2. The molecule has 20 heavy (non-hydrogen) atoms. The number of methoxy groups -OCH3 is 1. The van der Waals surface area contributed by atoms with Gasteiger partial charge >= 0.3 is 0 Å². The minimum atomic E-state index is 0.0697. The maximum Gasteiger partial charge on any atom is 0.234 e. The van der Waals surface area contributed by atoms with E-state index in [2.05, 4.69) is 28.9 Å². The van der Waals surface area contributed by atoms with Crippen LogP contribution in [0.4, 0.5) is 0 Å². The summed E-state index contributed by atoms with van der Waals surface area (Å²) in [6.45, 7) is 6.51. The van der Waals surface area contributed by atoms with Crippen molar-refractivity contribution in [3.05, 3.63) is 42.5 Å². The van der Waals surface area contributed by atoms with Gasteiger partial charge in [0.1, 0.15) is 5.75 Å². The molecule has 4 heteroatoms. The molecule has 1 aromatic carbocycles. The summed E-state index contributed by atoms with van der Waals surface area (Å²) in [5.74, 6) is 1.46. The number of carbonyl (C=O) groups excluding carboxylic acids is 1. The Morgan fingerprint density at radius 1 is 1.50 bits per heavy atom. The molecule has 1 atom stereocenters. The molecule has 0 spiro atoms. The van der Waals surface area contributed by atoms with Crippen molar-refractivity contribution >= 4 is 5.91 Å². The van der Waals surface area contributed by atoms with Gasteiger partial charge in [0.25, 0.3) is 0 Å². The van der Waals surface area contributed by atoms with Crippen LogP contribution < -0.4 is 10.1 Å². The zero-order chi connectivity index (χ0) is 14.4. The van der Waals surface area contributed by atoms with E-state index in [1.807, 2.05) is 12.1 Å². The average molecular weight is 274 g/mol. The third-order valence-electron chi connectivity index (χ3n) is 3.67. The molecule has 0 aromatic heterocycles. The second kappa shape index (κ2) is 7.10. The highest BCUT2D eigenvalue weighted by atomic mass is 16.5. The Hall–Kier alpha value is -1.81. The van der Waals surface area contributed by atoms with Crippen LogP contribution in [-0.2, 0) is 4.79 Å². The third kappa shape index (κ3) is 3.84. The highest BCUT2D eigenvalue weighted by molar-refractivity contribution is 5.78. The molecule has 2 rings (SSSR count). The molecule has 0 saturated carbocycles. The van der Waals surface area contributed by atoms with Crippen LogP contribution in [0.1, 0.15) is 17.9 Å². The van der Waals surface area contributed by atoms with Gasteiger partial charge in [-0.15, -0.1) is 6.58 Å². The molecule has 1 aliphatic heterocycles. The van der Waals surface area contributed by atoms with Gasteiger partial charge in [0.15, 0.2) is 0 Å². The number of hydrogen-bond acceptors (Lipinski definition) is 3. The van der Waals surface area contributed by atoms with Crippen molar-refractivity contribution in [3.8, 4) is 5.75 Å². The topological polar surface area (TPSA) is 41.6 Å². The molecule has 108 valence electrons. The fourth-order valence-electron chi connectivity index (χ4n) is 2.57. The highest BCUT2D eigenvalue weighted by Crippen LogP contribution is 2.28. The van der Waals surface area contributed by atoms with Gasteiger partial charge in [-0.05, 0) is 36.6 Å². The predicted molar refractivity (Wildman–Crippen MR) is 80.0 cm³/mol. The molecule has 1 aromatic rings. The second-order valence-corrected chi connectivity index (χ2v) is 5.09. The van der Waals surface area contributed by atoms with E-state index in [1.54, 1.807) is 13.2 Å². The number of benzene rings is 1. The molecule has 0 bridgehead atoms. The van der Waals surface area contributed by atoms with Gasteiger partial charge in [-0.1, -0.05) is 18.2 Å². The second-order valence-electron chi connectivity index (χ2n) is 5.09. The summed E-state index contributed by atoms with van der Waals surface area (Å²) in [5.41, 5.74) is 1.32. The van der Waals surface area contributed by atoms with Crippen LogP contribution in [0.2, 0.25) is 0 Å². The number of nitrogens with one attached hydrogen (secondary N) is 1. The van der Waals surface area contributed by atoms with Crippen LogP contribution in [0.5, 0.6) is 5.75 Å². The molecule has 1 aliphatic rings. The first-order valence-corrected chi connectivity index (χ1v) is 6.97. The Morgan fingerprint density at radius 3 is 2.90 bits per heavy atom. The summed E-state index contributed by atoms with van der Waals surface area (Å²) in [6, 6.07) is 8.22. The smallest absolute Gasteiger partial charge is 0.234 e. The number of ether oxygens (including phenoxy) is 1. The molecule has 1 saturated heterocycles. The summed E-state index contributed by atoms with van der Waals surface area (Å²) in [5, 5.41) is 2.81. The largest absolute Gasteiger partial charge is 0.497 e. The normalized spacial score (nSPS) is 18.8. The van der Waals surface area contributed by atoms with Crippen LogP contribution in [0.15, 0.2) is 36.9 Å². The minimum Gasteiger partial charge on any atom is -0.497 e. The highest BCUT2D eigenvalue weighted by Gasteiger charge is 2.24. The van der Waals surface area contributed by atoms with Crippen LogP contribution in [-0.4, -0.2) is 44.1 Å². The molecule has 0 aliphatic carbocycles. The maximum absolute atomic E-state index is 11.7. The lowest BCUT2D eigenvalue weighted by molar-refractivity contribution is -0.121. The Labute approximate surface area is 120 Å². The first-order chi connectivity index (χ1) is 9.72. The van der Waals surface area contributed by atoms with Crippen molar-refractivity contribution in [2.75, 3.05) is 33.3 Å². The van der Waals surface area contributed by atoms with Crippen molar-refractivity contribution in [1.29, 1.82) is 0 Å². The van der Waals surface area contributed by atoms with Gasteiger partial charge < -0.3 is 10.1 Å². The quantitative estimate of drug-likeness (QED) is 0.804. The lowest BCUT2D eigenvalue weighted by Gasteiger charge is -2.15. The fourth-order valence-corrected chi connectivity index (χ4v) is 2.57. The van der Waals surface area contributed by atoms with Crippen molar-refractivity contribution in [2.24, 2.45) is 0 Å². The molecule has 4 nitrogen and oxygen atoms in total. The zero-order valence-corrected chi connectivity index (χ0v) is 12.0. The van der Waals surface area contributed by atoms with Crippen LogP contribution >= 0.6 is 0 Å². The predicted octanol–water partition coefficient (Wildman–Crippen LogP) is 1.79. The molecule has 1 N–H and O–H groups in total. The third-order valence-corrected chi connectivity index (χ3v) is 3.67. The molecular weight excluding hydrogens is 252 g/mol. The summed E-state index contributed by atoms with van der Waals surface area (Å²) in [6.07, 6.45) is 2.79. The zero-order valence-electron chi connectivity index (χ0n) is 12.0. The maximum atomic E-state index is 11.7. The lowest BCUT2D eigenvalue weighted by atomic mass is 9.98. The summed E-state index contributed by atoms with van der Waals surface area (Å²) < 4.78 is 5.17. The van der Waals surface area contributed by atoms with E-state index in [0.717, 1.165) is 25.3 Å². The number of hydrogen-bond donors (Lipinski definition) is 1. The van der Waals surface area contributed by atoms with Crippen molar-refractivity contribution in [2.45, 2.75) is 12.3 Å². The SMILES string of the molecule is C=CCNC(=O)CN1CCC(c2ccc(OC)cc2)C1. The Balaban J connectivity index is 1.85. The molecule has 0 radical (unpaired) electrons. The van der Waals surface area contributed by atoms with E-state index in [-0.39, 0.29) is 5.91 Å². The number of carbonyl (C=O) groups is 1. The minimum absolute atomic E-state index is 0.0697. The molecule has 1 unspecified atom stereocenters. The average Bonchev–Trinajstić information content (AvgIpc) is 2.93. The van der Waals surface area contributed by atoms with E-state index in [4.69, 9.17) is 4.74 Å². The Kier molecular flexibility index (Phi) is 5.18. The number of likely N-dealkylation sites (tertiary alicyclic amines) is 1. The van der Waals surface area contributed by atoms with Gasteiger partial charge in [-0.3, -0.25) is 9.69 Å². The monoisotopic (exact) mass is 274 g/mol. The van der Waals surface area contributed by atoms with E-state index < -0.39 is 0 Å². The van der Waals surface area contributed by atoms with Gasteiger partial charge in [-0.2, -0.15) is 0 Å². The molecule has 1 amide bonds. The Morgan fingerprint density at radius 2 is 2.25 bits per heavy atom. The summed E-state index contributed by atoms with van der Waals surface area (Å²) in [7, 11) is 1.67. The first-order valence-electron chi connectivity index (χ1n) is 6.97. The van der Waals surface area contributed by atoms with E-state index in [0.29, 0.717) is 19.0 Å². The number of nitrogens with zero attached hydrogens (tertiary/aromatic N) is 1. The van der Waals surface area contributed by atoms with Crippen molar-refractivity contribution in [1.82, 2.24) is 10.2 Å². The van der Waals surface area contributed by atoms with E-state index >= 15 is 0 Å². The van der Waals surface area contributed by atoms with E-state index in [1.165, 1.54) is 5.56 Å². The van der Waals surface area contributed by atoms with Gasteiger partial charge in [0.05, 0.1) is 13.7 Å². The van der Waals surface area contributed by atoms with E-state index in [9.17, 15) is 4.79 Å². The summed E-state index contributed by atoms with van der Waals surface area (Å²) >= 11 is 0. The van der Waals surface area contributed by atoms with Crippen LogP contribution in [0.3, 0.4) is 0 Å². The number of amides is 1. The standard InChI is InChI=1S/C16H22N2O2/c1-3-9-17-16(19)12-18-10-8-14(11-18)13-4-6-15(20-2)7-5-13/h3-7,14H,1,8-12H2,2H3,(H,17,19). The Bertz CT molecular complexity index is 456. The van der Waals surface area contributed by atoms with Gasteiger partial charge in [-0.25, -0.2) is 0 Å². The van der Waals surface area contributed by atoms with Crippen molar-refractivity contribution in [3.63, 3.8) is 0 Å². The van der Waals surface area contributed by atoms with Gasteiger partial charge in [0.2, 0.25) is 5.91 Å². The lowest BCUT2D eigenvalue weighted by Crippen LogP contribution is -2.36. The first kappa shape index (κ1) is 14.6. The molecule has 1 fully saturated rings. The van der Waals surface area contributed by atoms with Gasteiger partial charge in [0, 0.05) is 13.1 Å². The molecule has 1 heterocycles.